The molecule has 27 heavy (non-hydrogen) atoms. The molecule has 0 aromatic heterocycles. The second-order valence-corrected chi connectivity index (χ2v) is 4.95. The third-order valence-electron chi connectivity index (χ3n) is 2.97. The third kappa shape index (κ3) is 9.36. The van der Waals surface area contributed by atoms with Crippen LogP contribution in [0.4, 0.5) is 0 Å². The van der Waals surface area contributed by atoms with Gasteiger partial charge in [-0.25, -0.2) is 9.59 Å². The molecular weight excluding hydrogens is 376 g/mol. The molecule has 0 aliphatic heterocycles. The molecule has 0 saturated carbocycles. The first-order chi connectivity index (χ1) is 12.0. The number of rotatable bonds is 10. The minimum absolute atomic E-state index is 0. The monoisotopic (exact) mass is 402 g/mol. The molecule has 11 heteroatoms. The number of carbonyl (C=O) groups is 4. The fraction of sp³-hybridized carbons (Fsp3) is 0.750. The van der Waals surface area contributed by atoms with Crippen molar-refractivity contribution in [2.75, 3.05) is 26.4 Å². The van der Waals surface area contributed by atoms with E-state index >= 15 is 0 Å². The topological polar surface area (TPSA) is 151 Å². The summed E-state index contributed by atoms with van der Waals surface area (Å²) in [5.74, 6) is -5.05. The largest absolute Gasteiger partial charge is 2.00 e. The van der Waals surface area contributed by atoms with E-state index in [1.54, 1.807) is 27.7 Å². The molecule has 0 aliphatic rings. The van der Waals surface area contributed by atoms with Crippen molar-refractivity contribution in [3.8, 4) is 0 Å². The summed E-state index contributed by atoms with van der Waals surface area (Å²) in [7, 11) is 0. The minimum Gasteiger partial charge on any atom is -0.546 e. The number of aliphatic carboxylic acids is 2. The number of carbonyl (C=O) groups excluding carboxylic acids is 4. The van der Waals surface area contributed by atoms with Gasteiger partial charge < -0.3 is 38.7 Å². The summed E-state index contributed by atoms with van der Waals surface area (Å²) in [6.07, 6.45) is 0. The maximum atomic E-state index is 11.1. The van der Waals surface area contributed by atoms with Crippen molar-refractivity contribution in [1.82, 2.24) is 0 Å². The second-order valence-electron chi connectivity index (χ2n) is 4.95. The minimum atomic E-state index is -2.00. The molecule has 0 rings (SSSR count). The molecule has 0 amide bonds. The smallest absolute Gasteiger partial charge is 0.546 e. The van der Waals surface area contributed by atoms with E-state index < -0.39 is 35.1 Å². The number of carboxylic acids is 2. The molecule has 152 valence electrons. The van der Waals surface area contributed by atoms with Crippen LogP contribution in [0.2, 0.25) is 0 Å². The number of carboxylic acid groups (broad SMARTS) is 2. The van der Waals surface area contributed by atoms with Crippen LogP contribution in [0.3, 0.4) is 0 Å². The summed E-state index contributed by atoms with van der Waals surface area (Å²) < 4.78 is 18.6. The quantitative estimate of drug-likeness (QED) is 0.224. The molecule has 0 bridgehead atoms. The molecule has 0 N–H and O–H groups in total. The van der Waals surface area contributed by atoms with Gasteiger partial charge in [0.2, 0.25) is 11.2 Å². The molecule has 0 radical (unpaired) electrons. The Labute approximate surface area is 174 Å². The zero-order valence-electron chi connectivity index (χ0n) is 16.6. The van der Waals surface area contributed by atoms with Gasteiger partial charge in [-0.2, -0.15) is 0 Å². The number of esters is 2. The Balaban J connectivity index is -0.000000411. The summed E-state index contributed by atoms with van der Waals surface area (Å²) in [5, 5.41) is 21.2. The van der Waals surface area contributed by atoms with Crippen molar-refractivity contribution >= 4 is 46.9 Å². The van der Waals surface area contributed by atoms with Crippen LogP contribution in [-0.2, 0) is 38.1 Å². The Bertz CT molecular complexity index is 452. The van der Waals surface area contributed by atoms with Gasteiger partial charge in [0, 0.05) is 13.2 Å². The molecule has 10 nitrogen and oxygen atoms in total. The van der Waals surface area contributed by atoms with Crippen molar-refractivity contribution in [2.45, 2.75) is 52.7 Å². The van der Waals surface area contributed by atoms with E-state index in [1.807, 2.05) is 0 Å². The summed E-state index contributed by atoms with van der Waals surface area (Å²) in [6.45, 7) is 8.98. The van der Waals surface area contributed by atoms with E-state index in [-0.39, 0.29) is 49.5 Å². The third-order valence-corrected chi connectivity index (χ3v) is 2.97. The van der Waals surface area contributed by atoms with Crippen LogP contribution in [0, 0.1) is 0 Å². The van der Waals surface area contributed by atoms with Crippen LogP contribution in [0.25, 0.3) is 0 Å². The molecule has 0 heterocycles. The van der Waals surface area contributed by atoms with Crippen LogP contribution in [-0.4, -0.2) is 84.6 Å². The number of hydrogen-bond acceptors (Lipinski definition) is 10. The van der Waals surface area contributed by atoms with Gasteiger partial charge in [0.05, 0.1) is 25.2 Å². The fourth-order valence-electron chi connectivity index (χ4n) is 1.52. The maximum Gasteiger partial charge on any atom is 2.00 e. The first-order valence-electron chi connectivity index (χ1n) is 8.02. The van der Waals surface area contributed by atoms with E-state index in [0.717, 1.165) is 13.8 Å². The van der Waals surface area contributed by atoms with Gasteiger partial charge in [-0.05, 0) is 41.5 Å². The Morgan fingerprint density at radius 2 is 0.926 bits per heavy atom. The van der Waals surface area contributed by atoms with Crippen LogP contribution in [0.1, 0.15) is 41.5 Å². The first-order valence-corrected chi connectivity index (χ1v) is 8.02. The summed E-state index contributed by atoms with van der Waals surface area (Å²) in [5.41, 5.74) is -3.99. The molecule has 0 fully saturated rings. The van der Waals surface area contributed by atoms with Crippen molar-refractivity contribution in [2.24, 2.45) is 0 Å². The summed E-state index contributed by atoms with van der Waals surface area (Å²) in [6, 6.07) is 0. The van der Waals surface area contributed by atoms with E-state index in [2.05, 4.69) is 9.47 Å². The van der Waals surface area contributed by atoms with Crippen LogP contribution < -0.4 is 10.2 Å². The van der Waals surface area contributed by atoms with Crippen molar-refractivity contribution in [3.05, 3.63) is 0 Å². The Morgan fingerprint density at radius 3 is 1.07 bits per heavy atom. The Hall–Kier alpha value is -1.43. The molecule has 2 atom stereocenters. The molecule has 0 aromatic carbocycles. The fourth-order valence-corrected chi connectivity index (χ4v) is 1.52. The van der Waals surface area contributed by atoms with E-state index in [9.17, 15) is 29.4 Å². The molecule has 0 aliphatic carbocycles. The zero-order valence-corrected chi connectivity index (χ0v) is 18.0. The van der Waals surface area contributed by atoms with E-state index in [1.165, 1.54) is 0 Å². The predicted molar refractivity (Wildman–Crippen MR) is 89.1 cm³/mol. The first kappa shape index (κ1) is 30.3. The molecule has 0 spiro atoms. The van der Waals surface area contributed by atoms with Gasteiger partial charge in [-0.3, -0.25) is 0 Å². The SMILES string of the molecule is CCOC(=O)C(C)(OCC)C(=O)[O-].CCOC(=O)C(C)(OCC)C(=O)[O-].[Mg+2]. The van der Waals surface area contributed by atoms with Crippen LogP contribution in [0.5, 0.6) is 0 Å². The second kappa shape index (κ2) is 14.6. The number of hydrogen-bond donors (Lipinski definition) is 0. The molecular formula is C16H26MgO10. The van der Waals surface area contributed by atoms with Crippen LogP contribution in [0.15, 0.2) is 0 Å². The van der Waals surface area contributed by atoms with Gasteiger partial charge in [0.1, 0.15) is 0 Å². The average molecular weight is 403 g/mol. The van der Waals surface area contributed by atoms with Gasteiger partial charge in [-0.1, -0.05) is 0 Å². The summed E-state index contributed by atoms with van der Waals surface area (Å²) in [4.78, 5) is 43.4. The van der Waals surface area contributed by atoms with Crippen molar-refractivity contribution in [3.63, 3.8) is 0 Å². The maximum absolute atomic E-state index is 11.1. The van der Waals surface area contributed by atoms with Crippen molar-refractivity contribution < 1.29 is 48.3 Å². The van der Waals surface area contributed by atoms with Gasteiger partial charge in [-0.15, -0.1) is 0 Å². The van der Waals surface area contributed by atoms with Crippen molar-refractivity contribution in [1.29, 1.82) is 0 Å². The molecule has 2 unspecified atom stereocenters. The standard InChI is InChI=1S/2C8H14O5.Mg/c2*1-4-12-7(11)8(3,6(9)10)13-5-2;/h2*4-5H2,1-3H3,(H,9,10);/q;;+2/p-2. The van der Waals surface area contributed by atoms with Gasteiger partial charge in [0.15, 0.2) is 0 Å². The average Bonchev–Trinajstić information content (AvgIpc) is 2.55. The van der Waals surface area contributed by atoms with Gasteiger partial charge >= 0.3 is 35.0 Å². The Kier molecular flexibility index (Phi) is 16.4. The van der Waals surface area contributed by atoms with E-state index in [0.29, 0.717) is 0 Å². The van der Waals surface area contributed by atoms with E-state index in [4.69, 9.17) is 9.47 Å². The summed E-state index contributed by atoms with van der Waals surface area (Å²) >= 11 is 0. The predicted octanol–water partition coefficient (Wildman–Crippen LogP) is -2.19. The zero-order chi connectivity index (χ0) is 21.0. The Morgan fingerprint density at radius 1 is 0.667 bits per heavy atom. The number of ether oxygens (including phenoxy) is 4. The van der Waals surface area contributed by atoms with Crippen LogP contribution >= 0.6 is 0 Å². The van der Waals surface area contributed by atoms with Gasteiger partial charge in [0.25, 0.3) is 0 Å². The normalized spacial score (nSPS) is 14.1. The molecule has 0 saturated heterocycles. The molecule has 0 aromatic rings.